The van der Waals surface area contributed by atoms with Crippen LogP contribution in [0.3, 0.4) is 0 Å². The van der Waals surface area contributed by atoms with Gasteiger partial charge in [-0.05, 0) is 55.0 Å². The number of aromatic nitrogens is 2. The summed E-state index contributed by atoms with van der Waals surface area (Å²) in [4.78, 5) is 44.4. The van der Waals surface area contributed by atoms with Crippen molar-refractivity contribution in [3.8, 4) is 5.69 Å². The Labute approximate surface area is 291 Å². The van der Waals surface area contributed by atoms with E-state index >= 15 is 0 Å². The minimum Gasteiger partial charge on any atom is -0.498 e. The molecule has 2 aliphatic rings. The summed E-state index contributed by atoms with van der Waals surface area (Å²) in [5.41, 5.74) is 0.579. The van der Waals surface area contributed by atoms with Gasteiger partial charge in [0, 0.05) is 42.4 Å². The molecule has 4 aromatic rings. The molecule has 2 aliphatic heterocycles. The van der Waals surface area contributed by atoms with Gasteiger partial charge in [-0.3, -0.25) is 19.3 Å². The number of halogens is 4. The molecule has 6 rings (SSSR count). The number of likely N-dealkylation sites (N-methyl/N-ethyl adjacent to an activating group) is 1. The summed E-state index contributed by atoms with van der Waals surface area (Å²) in [5, 5.41) is 10.4. The zero-order valence-electron chi connectivity index (χ0n) is 27.4. The third-order valence-electron chi connectivity index (χ3n) is 8.59. The fourth-order valence-electron chi connectivity index (χ4n) is 6.16. The van der Waals surface area contributed by atoms with Crippen LogP contribution in [0.15, 0.2) is 103 Å². The average molecular weight is 703 g/mol. The Balaban J connectivity index is 1.42. The lowest BCUT2D eigenvalue weighted by Gasteiger charge is -2.38. The van der Waals surface area contributed by atoms with Gasteiger partial charge < -0.3 is 20.3 Å². The Bertz CT molecular complexity index is 1960. The van der Waals surface area contributed by atoms with E-state index in [0.29, 0.717) is 48.0 Å². The number of anilines is 1. The number of carbonyl (C=O) groups is 3. The summed E-state index contributed by atoms with van der Waals surface area (Å²) >= 11 is 0. The normalized spacial score (nSPS) is 17.3. The van der Waals surface area contributed by atoms with Crippen molar-refractivity contribution in [1.29, 1.82) is 0 Å². The highest BCUT2D eigenvalue weighted by molar-refractivity contribution is 6.05. The molecule has 0 bridgehead atoms. The molecule has 0 unspecified atom stereocenters. The quantitative estimate of drug-likeness (QED) is 0.172. The zero-order chi connectivity index (χ0) is 36.1. The van der Waals surface area contributed by atoms with Crippen molar-refractivity contribution >= 4 is 23.5 Å². The predicted octanol–water partition coefficient (Wildman–Crippen LogP) is 5.30. The van der Waals surface area contributed by atoms with Crippen molar-refractivity contribution < 1.29 is 36.7 Å². The standard InChI is InChI=1S/C37H34F4N6O4/c1-2-46-35-32(29(44-47(35)28-10-4-3-5-11-28)23-42-30(48)12-7-17-45-18-20-51-21-19-45)31(24-13-15-27(38)16-14-24)33(36(46)50)43-34(49)25-8-6-9-26(22-25)37(39,40)41/h3-16,18,20,22,31,33H,2,17,19,21,23H2,1H3,(H,42,48)(H,43,49)/b12-7+/t31-,33-/m0/s1. The van der Waals surface area contributed by atoms with Gasteiger partial charge in [0.2, 0.25) is 5.91 Å². The van der Waals surface area contributed by atoms with Crippen LogP contribution >= 0.6 is 0 Å². The monoisotopic (exact) mass is 702 g/mol. The summed E-state index contributed by atoms with van der Waals surface area (Å²) < 4.78 is 61.6. The van der Waals surface area contributed by atoms with Crippen molar-refractivity contribution in [3.63, 3.8) is 0 Å². The first-order valence-electron chi connectivity index (χ1n) is 16.2. The molecule has 3 heterocycles. The largest absolute Gasteiger partial charge is 0.498 e. The topological polar surface area (TPSA) is 109 Å². The molecule has 2 N–H and O–H groups in total. The Morgan fingerprint density at radius 2 is 1.80 bits per heavy atom. The maximum absolute atomic E-state index is 14.4. The first-order valence-corrected chi connectivity index (χ1v) is 16.2. The molecule has 14 heteroatoms. The van der Waals surface area contributed by atoms with E-state index in [1.165, 1.54) is 41.3 Å². The maximum Gasteiger partial charge on any atom is 0.416 e. The van der Waals surface area contributed by atoms with Gasteiger partial charge in [-0.1, -0.05) is 42.5 Å². The van der Waals surface area contributed by atoms with Crippen molar-refractivity contribution in [2.75, 3.05) is 31.1 Å². The van der Waals surface area contributed by atoms with Gasteiger partial charge in [-0.15, -0.1) is 0 Å². The second kappa shape index (κ2) is 14.9. The smallest absolute Gasteiger partial charge is 0.416 e. The molecule has 264 valence electrons. The minimum atomic E-state index is -4.69. The van der Waals surface area contributed by atoms with Gasteiger partial charge >= 0.3 is 6.18 Å². The number of hydrogen-bond acceptors (Lipinski definition) is 6. The van der Waals surface area contributed by atoms with Gasteiger partial charge in [-0.2, -0.15) is 18.3 Å². The number of ether oxygens (including phenoxy) is 1. The lowest BCUT2D eigenvalue weighted by molar-refractivity contribution is -0.137. The van der Waals surface area contributed by atoms with Crippen molar-refractivity contribution in [1.82, 2.24) is 25.3 Å². The molecule has 51 heavy (non-hydrogen) atoms. The highest BCUT2D eigenvalue weighted by Gasteiger charge is 2.46. The van der Waals surface area contributed by atoms with E-state index in [1.807, 2.05) is 11.0 Å². The molecule has 0 spiro atoms. The van der Waals surface area contributed by atoms with Crippen LogP contribution in [0.1, 0.15) is 45.6 Å². The first kappa shape index (κ1) is 34.9. The van der Waals surface area contributed by atoms with Crippen molar-refractivity contribution in [3.05, 3.63) is 137 Å². The van der Waals surface area contributed by atoms with Crippen molar-refractivity contribution in [2.24, 2.45) is 0 Å². The SMILES string of the molecule is CCN1C(=O)[C@@H](NC(=O)c2cccc(C(F)(F)F)c2)[C@@H](c2ccc(F)cc2)c2c(CNC(=O)/C=C/CN3C=COCC3)nn(-c3ccccc3)c21. The van der Waals surface area contributed by atoms with Crippen LogP contribution in [0.5, 0.6) is 0 Å². The van der Waals surface area contributed by atoms with E-state index in [9.17, 15) is 31.9 Å². The summed E-state index contributed by atoms with van der Waals surface area (Å²) in [6, 6.07) is 17.0. The summed E-state index contributed by atoms with van der Waals surface area (Å²) in [7, 11) is 0. The summed E-state index contributed by atoms with van der Waals surface area (Å²) in [6.45, 7) is 3.50. The Kier molecular flexibility index (Phi) is 10.2. The Morgan fingerprint density at radius 3 is 2.49 bits per heavy atom. The highest BCUT2D eigenvalue weighted by Crippen LogP contribution is 2.44. The van der Waals surface area contributed by atoms with Crippen LogP contribution in [-0.2, 0) is 27.0 Å². The molecule has 2 atom stereocenters. The molecular formula is C37H34F4N6O4. The molecule has 3 aromatic carbocycles. The lowest BCUT2D eigenvalue weighted by Crippen LogP contribution is -2.55. The molecule has 0 aliphatic carbocycles. The summed E-state index contributed by atoms with van der Waals surface area (Å²) in [5.74, 6) is -2.98. The van der Waals surface area contributed by atoms with Gasteiger partial charge in [0.1, 0.15) is 24.3 Å². The summed E-state index contributed by atoms with van der Waals surface area (Å²) in [6.07, 6.45) is 1.79. The number of rotatable bonds is 10. The molecule has 1 aromatic heterocycles. The number of nitrogens with one attached hydrogen (secondary N) is 2. The van der Waals surface area contributed by atoms with Crippen molar-refractivity contribution in [2.45, 2.75) is 31.6 Å². The molecule has 3 amide bonds. The van der Waals surface area contributed by atoms with E-state index in [0.717, 1.165) is 18.2 Å². The maximum atomic E-state index is 14.4. The van der Waals surface area contributed by atoms with Crippen LogP contribution < -0.4 is 15.5 Å². The third kappa shape index (κ3) is 7.64. The lowest BCUT2D eigenvalue weighted by atomic mass is 9.80. The fourth-order valence-corrected chi connectivity index (χ4v) is 6.16. The first-order chi connectivity index (χ1) is 24.5. The van der Waals surface area contributed by atoms with Gasteiger partial charge in [-0.25, -0.2) is 9.07 Å². The molecule has 0 fully saturated rings. The zero-order valence-corrected chi connectivity index (χ0v) is 27.4. The van der Waals surface area contributed by atoms with E-state index < -0.39 is 47.2 Å². The number of fused-ring (bicyclic) bond motifs is 1. The molecule has 0 saturated carbocycles. The van der Waals surface area contributed by atoms with Crippen LogP contribution in [0.2, 0.25) is 0 Å². The molecule has 0 saturated heterocycles. The number of carbonyl (C=O) groups excluding carboxylic acids is 3. The number of para-hydroxylation sites is 1. The van der Waals surface area contributed by atoms with E-state index in [-0.39, 0.29) is 18.7 Å². The van der Waals surface area contributed by atoms with Crippen LogP contribution in [0.4, 0.5) is 23.4 Å². The Hall–Kier alpha value is -5.92. The second-order valence-electron chi connectivity index (χ2n) is 11.8. The Morgan fingerprint density at radius 1 is 1.04 bits per heavy atom. The van der Waals surface area contributed by atoms with Gasteiger partial charge in [0.15, 0.2) is 0 Å². The number of hydrogen-bond donors (Lipinski definition) is 2. The number of alkyl halides is 3. The van der Waals surface area contributed by atoms with Gasteiger partial charge in [0.05, 0.1) is 36.3 Å². The molecule has 10 nitrogen and oxygen atoms in total. The fraction of sp³-hybridized carbons (Fsp3) is 0.243. The van der Waals surface area contributed by atoms with Gasteiger partial charge in [0.25, 0.3) is 11.8 Å². The highest BCUT2D eigenvalue weighted by atomic mass is 19.4. The number of nitrogens with zero attached hydrogens (tertiary/aromatic N) is 4. The molecular weight excluding hydrogens is 668 g/mol. The number of amides is 3. The van der Waals surface area contributed by atoms with Crippen LogP contribution in [0, 0.1) is 5.82 Å². The second-order valence-corrected chi connectivity index (χ2v) is 11.8. The van der Waals surface area contributed by atoms with Crippen LogP contribution in [0.25, 0.3) is 5.69 Å². The number of benzene rings is 3. The minimum absolute atomic E-state index is 0.0828. The molecule has 0 radical (unpaired) electrons. The predicted molar refractivity (Wildman–Crippen MR) is 180 cm³/mol. The van der Waals surface area contributed by atoms with Crippen LogP contribution in [-0.4, -0.2) is 64.7 Å². The average Bonchev–Trinajstić information content (AvgIpc) is 3.51. The third-order valence-corrected chi connectivity index (χ3v) is 8.59. The van der Waals surface area contributed by atoms with E-state index in [1.54, 1.807) is 54.4 Å². The van der Waals surface area contributed by atoms with E-state index in [4.69, 9.17) is 9.84 Å². The van der Waals surface area contributed by atoms with E-state index in [2.05, 4.69) is 10.6 Å².